The minimum absolute atomic E-state index is 0.464. The van der Waals surface area contributed by atoms with E-state index in [1.54, 1.807) is 7.11 Å². The summed E-state index contributed by atoms with van der Waals surface area (Å²) in [6, 6.07) is 18.0. The van der Waals surface area contributed by atoms with Crippen molar-refractivity contribution in [1.29, 1.82) is 0 Å². The van der Waals surface area contributed by atoms with Gasteiger partial charge in [0.05, 0.1) is 11.0 Å². The third kappa shape index (κ3) is 3.28. The Hall–Kier alpha value is -2.33. The van der Waals surface area contributed by atoms with E-state index in [-0.39, 0.29) is 0 Å². The number of hydrogen-bond donors (Lipinski definition) is 0. The Morgan fingerprint density at radius 2 is 1.77 bits per heavy atom. The van der Waals surface area contributed by atoms with Crippen LogP contribution in [-0.2, 0) is 17.9 Å². The molecule has 0 aliphatic heterocycles. The lowest BCUT2D eigenvalue weighted by atomic mass is 10.3. The van der Waals surface area contributed by atoms with Gasteiger partial charge in [0.15, 0.2) is 0 Å². The SMILES string of the molecule is COCCCn1c(COc2ccccc2)nc2ccccc21. The molecule has 0 radical (unpaired) electrons. The summed E-state index contributed by atoms with van der Waals surface area (Å²) in [5.41, 5.74) is 2.15. The molecule has 0 spiro atoms. The van der Waals surface area contributed by atoms with Gasteiger partial charge < -0.3 is 14.0 Å². The van der Waals surface area contributed by atoms with Gasteiger partial charge in [0.2, 0.25) is 0 Å². The highest BCUT2D eigenvalue weighted by Crippen LogP contribution is 2.18. The Bertz CT molecular complexity index is 722. The number of imidazole rings is 1. The Kier molecular flexibility index (Phi) is 4.71. The lowest BCUT2D eigenvalue weighted by Gasteiger charge is -2.10. The first kappa shape index (κ1) is 14.6. The van der Waals surface area contributed by atoms with Crippen LogP contribution in [0, 0.1) is 0 Å². The Labute approximate surface area is 130 Å². The highest BCUT2D eigenvalue weighted by Gasteiger charge is 2.10. The summed E-state index contributed by atoms with van der Waals surface area (Å²) in [6.07, 6.45) is 0.954. The number of benzene rings is 2. The zero-order valence-corrected chi connectivity index (χ0v) is 12.7. The molecule has 22 heavy (non-hydrogen) atoms. The van der Waals surface area contributed by atoms with E-state index in [1.165, 1.54) is 0 Å². The van der Waals surface area contributed by atoms with Crippen LogP contribution in [0.3, 0.4) is 0 Å². The molecule has 1 heterocycles. The molecular formula is C18H20N2O2. The van der Waals surface area contributed by atoms with Gasteiger partial charge in [-0.15, -0.1) is 0 Å². The van der Waals surface area contributed by atoms with E-state index in [0.29, 0.717) is 6.61 Å². The number of para-hydroxylation sites is 3. The largest absolute Gasteiger partial charge is 0.486 e. The van der Waals surface area contributed by atoms with Crippen molar-refractivity contribution in [1.82, 2.24) is 9.55 Å². The lowest BCUT2D eigenvalue weighted by molar-refractivity contribution is 0.189. The molecule has 114 valence electrons. The molecule has 3 aromatic rings. The van der Waals surface area contributed by atoms with Crippen molar-refractivity contribution in [3.8, 4) is 5.75 Å². The summed E-state index contributed by atoms with van der Waals surface area (Å²) >= 11 is 0. The van der Waals surface area contributed by atoms with Crippen LogP contribution < -0.4 is 4.74 Å². The fourth-order valence-electron chi connectivity index (χ4n) is 2.52. The maximum atomic E-state index is 5.85. The van der Waals surface area contributed by atoms with Crippen LogP contribution in [0.4, 0.5) is 0 Å². The van der Waals surface area contributed by atoms with E-state index in [9.17, 15) is 0 Å². The minimum atomic E-state index is 0.464. The minimum Gasteiger partial charge on any atom is -0.486 e. The molecule has 4 heteroatoms. The zero-order chi connectivity index (χ0) is 15.2. The number of nitrogens with zero attached hydrogens (tertiary/aromatic N) is 2. The lowest BCUT2D eigenvalue weighted by Crippen LogP contribution is -2.09. The van der Waals surface area contributed by atoms with E-state index >= 15 is 0 Å². The summed E-state index contributed by atoms with van der Waals surface area (Å²) in [7, 11) is 1.73. The maximum absolute atomic E-state index is 5.85. The highest BCUT2D eigenvalue weighted by molar-refractivity contribution is 5.75. The van der Waals surface area contributed by atoms with Crippen LogP contribution >= 0.6 is 0 Å². The topological polar surface area (TPSA) is 36.3 Å². The summed E-state index contributed by atoms with van der Waals surface area (Å²) in [6.45, 7) is 2.08. The third-order valence-corrected chi connectivity index (χ3v) is 3.57. The van der Waals surface area contributed by atoms with Crippen LogP contribution in [0.15, 0.2) is 54.6 Å². The van der Waals surface area contributed by atoms with Gasteiger partial charge in [0.25, 0.3) is 0 Å². The first-order chi connectivity index (χ1) is 10.9. The normalized spacial score (nSPS) is 11.0. The van der Waals surface area contributed by atoms with Crippen molar-refractivity contribution in [2.45, 2.75) is 19.6 Å². The van der Waals surface area contributed by atoms with E-state index in [1.807, 2.05) is 48.5 Å². The van der Waals surface area contributed by atoms with E-state index in [0.717, 1.165) is 42.2 Å². The van der Waals surface area contributed by atoms with Crippen LogP contribution in [-0.4, -0.2) is 23.3 Å². The molecule has 0 bridgehead atoms. The Morgan fingerprint density at radius 1 is 1.00 bits per heavy atom. The van der Waals surface area contributed by atoms with Crippen molar-refractivity contribution in [3.63, 3.8) is 0 Å². The monoisotopic (exact) mass is 296 g/mol. The number of methoxy groups -OCH3 is 1. The molecule has 0 saturated heterocycles. The van der Waals surface area contributed by atoms with Gasteiger partial charge in [-0.3, -0.25) is 0 Å². The fraction of sp³-hybridized carbons (Fsp3) is 0.278. The Morgan fingerprint density at radius 3 is 2.59 bits per heavy atom. The smallest absolute Gasteiger partial charge is 0.147 e. The average molecular weight is 296 g/mol. The molecule has 2 aromatic carbocycles. The molecule has 1 aromatic heterocycles. The van der Waals surface area contributed by atoms with Crippen molar-refractivity contribution in [2.75, 3.05) is 13.7 Å². The number of aryl methyl sites for hydroxylation is 1. The van der Waals surface area contributed by atoms with E-state index < -0.39 is 0 Å². The van der Waals surface area contributed by atoms with Crippen molar-refractivity contribution >= 4 is 11.0 Å². The van der Waals surface area contributed by atoms with Crippen LogP contribution in [0.25, 0.3) is 11.0 Å². The predicted octanol–water partition coefficient (Wildman–Crippen LogP) is 3.65. The predicted molar refractivity (Wildman–Crippen MR) is 87.0 cm³/mol. The van der Waals surface area contributed by atoms with Gasteiger partial charge >= 0.3 is 0 Å². The number of hydrogen-bond acceptors (Lipinski definition) is 3. The molecule has 0 saturated carbocycles. The first-order valence-electron chi connectivity index (χ1n) is 7.49. The molecule has 3 rings (SSSR count). The second-order valence-corrected chi connectivity index (χ2v) is 5.12. The maximum Gasteiger partial charge on any atom is 0.147 e. The number of fused-ring (bicyclic) bond motifs is 1. The van der Waals surface area contributed by atoms with Gasteiger partial charge in [0, 0.05) is 20.3 Å². The summed E-state index contributed by atoms with van der Waals surface area (Å²) in [5, 5.41) is 0. The molecule has 0 amide bonds. The van der Waals surface area contributed by atoms with Crippen LogP contribution in [0.2, 0.25) is 0 Å². The fourth-order valence-corrected chi connectivity index (χ4v) is 2.52. The average Bonchev–Trinajstić information content (AvgIpc) is 2.92. The van der Waals surface area contributed by atoms with Gasteiger partial charge in [-0.2, -0.15) is 0 Å². The molecule has 0 N–H and O–H groups in total. The zero-order valence-electron chi connectivity index (χ0n) is 12.7. The van der Waals surface area contributed by atoms with Crippen LogP contribution in [0.1, 0.15) is 12.2 Å². The summed E-state index contributed by atoms with van der Waals surface area (Å²) in [4.78, 5) is 4.70. The van der Waals surface area contributed by atoms with Crippen molar-refractivity contribution in [3.05, 3.63) is 60.4 Å². The summed E-state index contributed by atoms with van der Waals surface area (Å²) in [5.74, 6) is 1.80. The standard InChI is InChI=1S/C18H20N2O2/c1-21-13-7-12-20-17-11-6-5-10-16(17)19-18(20)14-22-15-8-3-2-4-9-15/h2-6,8-11H,7,12-14H2,1H3. The van der Waals surface area contributed by atoms with Gasteiger partial charge in [-0.25, -0.2) is 4.98 Å². The van der Waals surface area contributed by atoms with E-state index in [4.69, 9.17) is 14.5 Å². The summed E-state index contributed by atoms with van der Waals surface area (Å²) < 4.78 is 13.2. The Balaban J connectivity index is 1.82. The second kappa shape index (κ2) is 7.09. The van der Waals surface area contributed by atoms with Crippen molar-refractivity contribution in [2.24, 2.45) is 0 Å². The number of rotatable bonds is 7. The van der Waals surface area contributed by atoms with E-state index in [2.05, 4.69) is 10.6 Å². The molecule has 0 atom stereocenters. The third-order valence-electron chi connectivity index (χ3n) is 3.57. The van der Waals surface area contributed by atoms with Gasteiger partial charge in [-0.1, -0.05) is 30.3 Å². The molecule has 0 unspecified atom stereocenters. The quantitative estimate of drug-likeness (QED) is 0.624. The van der Waals surface area contributed by atoms with Gasteiger partial charge in [0.1, 0.15) is 18.2 Å². The molecule has 0 aliphatic carbocycles. The number of ether oxygens (including phenoxy) is 2. The molecule has 0 fully saturated rings. The highest BCUT2D eigenvalue weighted by atomic mass is 16.5. The molecule has 4 nitrogen and oxygen atoms in total. The number of aromatic nitrogens is 2. The molecular weight excluding hydrogens is 276 g/mol. The van der Waals surface area contributed by atoms with Crippen LogP contribution in [0.5, 0.6) is 5.75 Å². The van der Waals surface area contributed by atoms with Crippen molar-refractivity contribution < 1.29 is 9.47 Å². The first-order valence-corrected chi connectivity index (χ1v) is 7.49. The van der Waals surface area contributed by atoms with Gasteiger partial charge in [-0.05, 0) is 30.7 Å². The molecule has 0 aliphatic rings. The second-order valence-electron chi connectivity index (χ2n) is 5.12.